The minimum absolute atomic E-state index is 0.0213. The minimum Gasteiger partial charge on any atom is -0.423 e. The van der Waals surface area contributed by atoms with Crippen molar-refractivity contribution in [2.45, 2.75) is 4.90 Å². The van der Waals surface area contributed by atoms with Crippen LogP contribution in [0.15, 0.2) is 47.6 Å². The van der Waals surface area contributed by atoms with Gasteiger partial charge >= 0.3 is 7.12 Å². The van der Waals surface area contributed by atoms with Gasteiger partial charge in [-0.15, -0.1) is 0 Å². The van der Waals surface area contributed by atoms with E-state index in [0.717, 1.165) is 12.3 Å². The summed E-state index contributed by atoms with van der Waals surface area (Å²) in [5, 5.41) is 18.3. The number of pyridine rings is 1. The van der Waals surface area contributed by atoms with Crippen molar-refractivity contribution in [2.75, 3.05) is 4.72 Å². The smallest absolute Gasteiger partial charge is 0.423 e. The van der Waals surface area contributed by atoms with Gasteiger partial charge in [0.15, 0.2) is 0 Å². The van der Waals surface area contributed by atoms with Crippen LogP contribution in [0, 0.1) is 0 Å². The van der Waals surface area contributed by atoms with Crippen LogP contribution < -0.4 is 10.2 Å². The predicted octanol–water partition coefficient (Wildman–Crippen LogP) is 0.216. The molecule has 0 radical (unpaired) electrons. The van der Waals surface area contributed by atoms with E-state index >= 15 is 0 Å². The normalized spacial score (nSPS) is 11.2. The Bertz CT molecular complexity index is 724. The van der Waals surface area contributed by atoms with Crippen LogP contribution in [0.2, 0.25) is 5.02 Å². The fourth-order valence-corrected chi connectivity index (χ4v) is 2.79. The molecule has 1 aromatic heterocycles. The van der Waals surface area contributed by atoms with Gasteiger partial charge in [-0.2, -0.15) is 0 Å². The maximum absolute atomic E-state index is 12.2. The molecule has 0 fully saturated rings. The molecule has 2 rings (SSSR count). The maximum atomic E-state index is 12.2. The number of anilines is 1. The zero-order chi connectivity index (χ0) is 14.8. The molecular weight excluding hydrogens is 302 g/mol. The molecule has 1 aromatic carbocycles. The highest BCUT2D eigenvalue weighted by Gasteiger charge is 2.19. The second-order valence-corrected chi connectivity index (χ2v) is 6.00. The number of hydrogen-bond acceptors (Lipinski definition) is 5. The number of benzene rings is 1. The van der Waals surface area contributed by atoms with Crippen LogP contribution in [-0.2, 0) is 10.0 Å². The molecule has 20 heavy (non-hydrogen) atoms. The van der Waals surface area contributed by atoms with Crippen LogP contribution in [0.4, 0.5) is 5.69 Å². The first kappa shape index (κ1) is 14.8. The molecule has 6 nitrogen and oxygen atoms in total. The lowest BCUT2D eigenvalue weighted by atomic mass is 9.82. The molecule has 0 spiro atoms. The van der Waals surface area contributed by atoms with E-state index in [1.54, 1.807) is 18.2 Å². The van der Waals surface area contributed by atoms with E-state index in [9.17, 15) is 8.42 Å². The quantitative estimate of drug-likeness (QED) is 0.701. The zero-order valence-corrected chi connectivity index (χ0v) is 11.6. The molecule has 0 atom stereocenters. The highest BCUT2D eigenvalue weighted by atomic mass is 35.5. The van der Waals surface area contributed by atoms with E-state index in [2.05, 4.69) is 9.71 Å². The second-order valence-electron chi connectivity index (χ2n) is 3.91. The second kappa shape index (κ2) is 5.80. The lowest BCUT2D eigenvalue weighted by Gasteiger charge is -2.10. The number of aromatic nitrogens is 1. The average molecular weight is 313 g/mol. The number of halogens is 1. The summed E-state index contributed by atoms with van der Waals surface area (Å²) in [6.07, 6.45) is 2.27. The third-order valence-corrected chi connectivity index (χ3v) is 4.12. The molecule has 0 saturated carbocycles. The molecule has 0 aliphatic rings. The number of nitrogens with one attached hydrogen (secondary N) is 1. The van der Waals surface area contributed by atoms with Gasteiger partial charge in [-0.1, -0.05) is 23.7 Å². The van der Waals surface area contributed by atoms with E-state index in [1.165, 1.54) is 12.3 Å². The molecule has 0 aliphatic carbocycles. The molecule has 2 aromatic rings. The molecule has 104 valence electrons. The SMILES string of the molecule is O=S(=O)(Nc1ccccc1Cl)c1cncc(B(O)O)c1. The predicted molar refractivity (Wildman–Crippen MR) is 76.3 cm³/mol. The van der Waals surface area contributed by atoms with Crippen molar-refractivity contribution in [1.82, 2.24) is 4.98 Å². The van der Waals surface area contributed by atoms with Gasteiger partial charge in [0.05, 0.1) is 10.7 Å². The Labute approximate surface area is 121 Å². The topological polar surface area (TPSA) is 99.5 Å². The summed E-state index contributed by atoms with van der Waals surface area (Å²) in [6.45, 7) is 0. The first-order valence-electron chi connectivity index (χ1n) is 5.48. The third-order valence-electron chi connectivity index (χ3n) is 2.46. The summed E-state index contributed by atoms with van der Waals surface area (Å²) in [5.41, 5.74) is 0.205. The summed E-state index contributed by atoms with van der Waals surface area (Å²) in [7, 11) is -5.70. The summed E-state index contributed by atoms with van der Waals surface area (Å²) >= 11 is 5.88. The summed E-state index contributed by atoms with van der Waals surface area (Å²) in [6, 6.07) is 7.49. The van der Waals surface area contributed by atoms with Crippen molar-refractivity contribution in [2.24, 2.45) is 0 Å². The van der Waals surface area contributed by atoms with Gasteiger partial charge in [0.1, 0.15) is 4.90 Å². The molecule has 9 heteroatoms. The van der Waals surface area contributed by atoms with Gasteiger partial charge in [-0.25, -0.2) is 8.42 Å². The highest BCUT2D eigenvalue weighted by Crippen LogP contribution is 2.23. The first-order chi connectivity index (χ1) is 9.40. The fraction of sp³-hybridized carbons (Fsp3) is 0. The fourth-order valence-electron chi connectivity index (χ4n) is 1.47. The van der Waals surface area contributed by atoms with Gasteiger partial charge < -0.3 is 10.0 Å². The van der Waals surface area contributed by atoms with Crippen LogP contribution in [0.1, 0.15) is 0 Å². The van der Waals surface area contributed by atoms with Crippen molar-refractivity contribution in [3.8, 4) is 0 Å². The third kappa shape index (κ3) is 3.28. The van der Waals surface area contributed by atoms with E-state index in [4.69, 9.17) is 21.6 Å². The van der Waals surface area contributed by atoms with Crippen molar-refractivity contribution < 1.29 is 18.5 Å². The Morgan fingerprint density at radius 1 is 1.20 bits per heavy atom. The Kier molecular flexibility index (Phi) is 4.29. The van der Waals surface area contributed by atoms with Gasteiger partial charge in [-0.3, -0.25) is 9.71 Å². The number of para-hydroxylation sites is 1. The zero-order valence-electron chi connectivity index (χ0n) is 10.1. The molecule has 0 aliphatic heterocycles. The van der Waals surface area contributed by atoms with E-state index in [-0.39, 0.29) is 21.1 Å². The molecular formula is C11H10BClN2O4S. The van der Waals surface area contributed by atoms with E-state index in [1.807, 2.05) is 0 Å². The highest BCUT2D eigenvalue weighted by molar-refractivity contribution is 7.92. The van der Waals surface area contributed by atoms with Gasteiger partial charge in [0.2, 0.25) is 0 Å². The van der Waals surface area contributed by atoms with Crippen LogP contribution in [0.3, 0.4) is 0 Å². The minimum atomic E-state index is -3.91. The van der Waals surface area contributed by atoms with Crippen LogP contribution in [-0.4, -0.2) is 30.6 Å². The largest absolute Gasteiger partial charge is 0.490 e. The summed E-state index contributed by atoms with van der Waals surface area (Å²) in [4.78, 5) is 3.47. The Balaban J connectivity index is 2.36. The average Bonchev–Trinajstić information content (AvgIpc) is 2.41. The van der Waals surface area contributed by atoms with Crippen molar-refractivity contribution in [1.29, 1.82) is 0 Å². The summed E-state index contributed by atoms with van der Waals surface area (Å²) < 4.78 is 26.6. The molecule has 1 heterocycles. The van der Waals surface area contributed by atoms with Crippen molar-refractivity contribution >= 4 is 39.9 Å². The molecule has 0 unspecified atom stereocenters. The Morgan fingerprint density at radius 3 is 2.55 bits per heavy atom. The van der Waals surface area contributed by atoms with Crippen molar-refractivity contribution in [3.63, 3.8) is 0 Å². The number of sulfonamides is 1. The molecule has 0 amide bonds. The van der Waals surface area contributed by atoms with Gasteiger partial charge in [-0.05, 0) is 18.2 Å². The molecule has 0 saturated heterocycles. The monoisotopic (exact) mass is 312 g/mol. The first-order valence-corrected chi connectivity index (χ1v) is 7.35. The maximum Gasteiger partial charge on any atom is 0.490 e. The van der Waals surface area contributed by atoms with E-state index in [0.29, 0.717) is 0 Å². The molecule has 0 bridgehead atoms. The van der Waals surface area contributed by atoms with Crippen LogP contribution in [0.5, 0.6) is 0 Å². The number of rotatable bonds is 4. The number of hydrogen-bond donors (Lipinski definition) is 3. The van der Waals surface area contributed by atoms with Crippen LogP contribution >= 0.6 is 11.6 Å². The van der Waals surface area contributed by atoms with E-state index < -0.39 is 17.1 Å². The Morgan fingerprint density at radius 2 is 1.90 bits per heavy atom. The van der Waals surface area contributed by atoms with Crippen LogP contribution in [0.25, 0.3) is 0 Å². The lowest BCUT2D eigenvalue weighted by molar-refractivity contribution is 0.425. The standard InChI is InChI=1S/C11H10BClN2O4S/c13-10-3-1-2-4-11(10)15-20(18,19)9-5-8(12(16)17)6-14-7-9/h1-7,15-17H. The van der Waals surface area contributed by atoms with Gasteiger partial charge in [0, 0.05) is 17.9 Å². The lowest BCUT2D eigenvalue weighted by Crippen LogP contribution is -2.31. The number of nitrogens with zero attached hydrogens (tertiary/aromatic N) is 1. The summed E-state index contributed by atoms with van der Waals surface area (Å²) in [5.74, 6) is 0. The Hall–Kier alpha value is -1.61. The van der Waals surface area contributed by atoms with Gasteiger partial charge in [0.25, 0.3) is 10.0 Å². The van der Waals surface area contributed by atoms with Crippen molar-refractivity contribution in [3.05, 3.63) is 47.7 Å². The molecule has 3 N–H and O–H groups in total.